The largest absolute Gasteiger partial charge is 0.372 e. The van der Waals surface area contributed by atoms with Gasteiger partial charge in [-0.05, 0) is 0 Å². The van der Waals surface area contributed by atoms with Crippen LogP contribution in [0.25, 0.3) is 0 Å². The fourth-order valence-electron chi connectivity index (χ4n) is 0. The Labute approximate surface area is 73.0 Å². The van der Waals surface area contributed by atoms with Gasteiger partial charge in [0.05, 0.1) is 0 Å². The van der Waals surface area contributed by atoms with Crippen LogP contribution < -0.4 is 0 Å². The van der Waals surface area contributed by atoms with Crippen molar-refractivity contribution in [1.82, 2.24) is 0 Å². The molecule has 0 N–H and O–H groups in total. The van der Waals surface area contributed by atoms with Gasteiger partial charge >= 0.3 is 0 Å². The molecule has 0 nitrogen and oxygen atoms in total. The molecule has 43 valence electrons. The third-order valence-electron chi connectivity index (χ3n) is 0.289. The molecule has 0 unspecified atom stereocenters. The van der Waals surface area contributed by atoms with Crippen molar-refractivity contribution in [3.8, 4) is 0 Å². The fraction of sp³-hybridized carbons (Fsp3) is 0.667. The van der Waals surface area contributed by atoms with Gasteiger partial charge in [-0.2, -0.15) is 6.92 Å². The molecule has 0 heterocycles. The Bertz CT molecular complexity index is 6.14. The molecule has 0 saturated carbocycles. The van der Waals surface area contributed by atoms with E-state index in [1.807, 2.05) is 27.2 Å². The zero-order valence-corrected chi connectivity index (χ0v) is 8.41. The molecule has 0 atom stereocenters. The van der Waals surface area contributed by atoms with Crippen LogP contribution in [0.2, 0.25) is 0 Å². The first kappa shape index (κ1) is 15.7. The van der Waals surface area contributed by atoms with E-state index in [2.05, 4.69) is 6.92 Å². The smallest absolute Gasteiger partial charge is 0 e. The molecule has 0 saturated heterocycles. The van der Waals surface area contributed by atoms with E-state index in [-0.39, 0.29) is 32.7 Å². The molecule has 0 amide bonds. The summed E-state index contributed by atoms with van der Waals surface area (Å²) < 4.78 is 0. The quantitative estimate of drug-likeness (QED) is 0.537. The van der Waals surface area contributed by atoms with Crippen LogP contribution in [-0.4, -0.2) is 0 Å². The van der Waals surface area contributed by atoms with Crippen molar-refractivity contribution >= 4 is 0 Å². The van der Waals surface area contributed by atoms with Crippen LogP contribution in [0, 0.1) is 13.3 Å². The van der Waals surface area contributed by atoms with E-state index in [1.165, 1.54) is 0 Å². The standard InChI is InChI=1S/C4H8.C2H6.Y/c1-3-4-2;1-2;/h4H,1,3H2,2H3;1-2H3;/q-2;;. The molecule has 0 fully saturated rings. The predicted octanol–water partition coefficient (Wildman–Crippen LogP) is 2.46. The van der Waals surface area contributed by atoms with Gasteiger partial charge in [-0.15, -0.1) is 0 Å². The average molecular weight is 175 g/mol. The molecule has 0 bridgehead atoms. The average Bonchev–Trinajstić information content (AvgIpc) is 1.72. The van der Waals surface area contributed by atoms with Crippen molar-refractivity contribution in [3.63, 3.8) is 0 Å². The van der Waals surface area contributed by atoms with Crippen LogP contribution in [0.15, 0.2) is 0 Å². The van der Waals surface area contributed by atoms with E-state index in [0.717, 1.165) is 6.42 Å². The fourth-order valence-corrected chi connectivity index (χ4v) is 0. The monoisotopic (exact) mass is 175 g/mol. The molecule has 0 aromatic rings. The molecular weight excluding hydrogens is 161 g/mol. The molecule has 0 rings (SSSR count). The van der Waals surface area contributed by atoms with Gasteiger partial charge in [-0.3, -0.25) is 0 Å². The Morgan fingerprint density at radius 2 is 1.57 bits per heavy atom. The van der Waals surface area contributed by atoms with Crippen LogP contribution in [0.4, 0.5) is 0 Å². The van der Waals surface area contributed by atoms with Crippen molar-refractivity contribution in [2.45, 2.75) is 27.2 Å². The summed E-state index contributed by atoms with van der Waals surface area (Å²) in [6.45, 7) is 9.54. The maximum atomic E-state index is 3.55. The van der Waals surface area contributed by atoms with E-state index in [1.54, 1.807) is 0 Å². The van der Waals surface area contributed by atoms with Gasteiger partial charge in [0, 0.05) is 32.7 Å². The first-order chi connectivity index (χ1) is 2.91. The predicted molar refractivity (Wildman–Crippen MR) is 31.3 cm³/mol. The molecular formula is C6H14Y-2. The summed E-state index contributed by atoms with van der Waals surface area (Å²) in [5, 5.41) is 0. The summed E-state index contributed by atoms with van der Waals surface area (Å²) in [4.78, 5) is 0. The maximum Gasteiger partial charge on any atom is 0 e. The molecule has 0 aromatic heterocycles. The minimum atomic E-state index is 0. The minimum Gasteiger partial charge on any atom is -0.372 e. The summed E-state index contributed by atoms with van der Waals surface area (Å²) >= 11 is 0. The minimum absolute atomic E-state index is 0. The van der Waals surface area contributed by atoms with E-state index in [0.29, 0.717) is 0 Å². The van der Waals surface area contributed by atoms with Gasteiger partial charge in [-0.25, -0.2) is 0 Å². The Morgan fingerprint density at radius 1 is 1.43 bits per heavy atom. The van der Waals surface area contributed by atoms with Crippen LogP contribution in [0.5, 0.6) is 0 Å². The second-order valence-electron chi connectivity index (χ2n) is 0.697. The zero-order valence-electron chi connectivity index (χ0n) is 5.57. The first-order valence-corrected chi connectivity index (χ1v) is 2.49. The van der Waals surface area contributed by atoms with E-state index in [4.69, 9.17) is 0 Å². The van der Waals surface area contributed by atoms with Gasteiger partial charge < -0.3 is 19.8 Å². The topological polar surface area (TPSA) is 0 Å². The number of unbranched alkanes of at least 4 members (excludes halogenated alkanes) is 1. The second kappa shape index (κ2) is 27.5. The van der Waals surface area contributed by atoms with Crippen LogP contribution in [0.3, 0.4) is 0 Å². The molecule has 0 aliphatic rings. The molecule has 0 aromatic carbocycles. The molecule has 0 spiro atoms. The summed E-state index contributed by atoms with van der Waals surface area (Å²) in [5.74, 6) is 0. The molecule has 1 heteroatoms. The van der Waals surface area contributed by atoms with Gasteiger partial charge in [0.1, 0.15) is 0 Å². The van der Waals surface area contributed by atoms with Crippen molar-refractivity contribution in [2.75, 3.05) is 0 Å². The summed E-state index contributed by atoms with van der Waals surface area (Å²) in [7, 11) is 0. The van der Waals surface area contributed by atoms with Gasteiger partial charge in [0.2, 0.25) is 0 Å². The normalized spacial score (nSPS) is 5.14. The third kappa shape index (κ3) is 41.8. The zero-order chi connectivity index (χ0) is 5.41. The Hall–Kier alpha value is 1.10. The Morgan fingerprint density at radius 3 is 1.57 bits per heavy atom. The van der Waals surface area contributed by atoms with Gasteiger partial charge in [-0.1, -0.05) is 13.8 Å². The van der Waals surface area contributed by atoms with E-state index >= 15 is 0 Å². The number of hydrogen-bond donors (Lipinski definition) is 0. The van der Waals surface area contributed by atoms with E-state index < -0.39 is 0 Å². The van der Waals surface area contributed by atoms with Crippen LogP contribution in [0.1, 0.15) is 27.2 Å². The summed E-state index contributed by atoms with van der Waals surface area (Å²) in [6.07, 6.45) is 2.96. The maximum absolute atomic E-state index is 3.55. The summed E-state index contributed by atoms with van der Waals surface area (Å²) in [5.41, 5.74) is 0. The van der Waals surface area contributed by atoms with Crippen LogP contribution >= 0.6 is 0 Å². The van der Waals surface area contributed by atoms with Crippen molar-refractivity contribution in [1.29, 1.82) is 0 Å². The number of hydrogen-bond acceptors (Lipinski definition) is 0. The van der Waals surface area contributed by atoms with Crippen molar-refractivity contribution in [3.05, 3.63) is 13.3 Å². The van der Waals surface area contributed by atoms with Crippen molar-refractivity contribution < 1.29 is 32.7 Å². The first-order valence-electron chi connectivity index (χ1n) is 2.49. The Balaban J connectivity index is -0.0000000480. The second-order valence-corrected chi connectivity index (χ2v) is 0.697. The van der Waals surface area contributed by atoms with Crippen LogP contribution in [-0.2, 0) is 32.7 Å². The van der Waals surface area contributed by atoms with Crippen molar-refractivity contribution in [2.24, 2.45) is 0 Å². The molecule has 0 aliphatic heterocycles. The Kier molecular flexibility index (Phi) is 61.6. The van der Waals surface area contributed by atoms with Gasteiger partial charge in [0.25, 0.3) is 0 Å². The molecule has 0 aliphatic carbocycles. The van der Waals surface area contributed by atoms with E-state index in [9.17, 15) is 0 Å². The number of rotatable bonds is 1. The SMILES string of the molecule is CC.[CH2-]C[CH-]C.[Y]. The summed E-state index contributed by atoms with van der Waals surface area (Å²) in [6, 6.07) is 0. The molecule has 1 radical (unpaired) electrons. The third-order valence-corrected chi connectivity index (χ3v) is 0.289. The molecule has 7 heavy (non-hydrogen) atoms. The van der Waals surface area contributed by atoms with Gasteiger partial charge in [0.15, 0.2) is 0 Å².